The monoisotopic (exact) mass is 281 g/mol. The minimum absolute atomic E-state index is 0.219. The van der Waals surface area contributed by atoms with Gasteiger partial charge in [-0.15, -0.1) is 5.10 Å². The van der Waals surface area contributed by atoms with Gasteiger partial charge in [0.25, 0.3) is 0 Å². The van der Waals surface area contributed by atoms with E-state index in [2.05, 4.69) is 21.5 Å². The Morgan fingerprint density at radius 1 is 1.19 bits per heavy atom. The zero-order valence-electron chi connectivity index (χ0n) is 11.9. The lowest BCUT2D eigenvalue weighted by molar-refractivity contribution is 0.0520. The van der Waals surface area contributed by atoms with Crippen LogP contribution in [0.1, 0.15) is 23.0 Å². The minimum atomic E-state index is -0.464. The van der Waals surface area contributed by atoms with Gasteiger partial charge >= 0.3 is 5.97 Å². The molecule has 2 aromatic carbocycles. The molecule has 1 aromatic heterocycles. The van der Waals surface area contributed by atoms with E-state index in [0.29, 0.717) is 12.3 Å². The summed E-state index contributed by atoms with van der Waals surface area (Å²) in [5.74, 6) is -0.464. The van der Waals surface area contributed by atoms with E-state index in [-0.39, 0.29) is 5.69 Å². The van der Waals surface area contributed by atoms with Crippen LogP contribution in [0.4, 0.5) is 0 Å². The van der Waals surface area contributed by atoms with Gasteiger partial charge in [-0.3, -0.25) is 0 Å². The fraction of sp³-hybridized carbons (Fsp3) is 0.188. The number of hydrogen-bond acceptors (Lipinski definition) is 4. The van der Waals surface area contributed by atoms with Crippen LogP contribution in [-0.2, 0) is 4.74 Å². The lowest BCUT2D eigenvalue weighted by Gasteiger charge is -2.09. The molecule has 0 unspecified atom stereocenters. The molecule has 0 saturated heterocycles. The number of fused-ring (bicyclic) bond motifs is 1. The lowest BCUT2D eigenvalue weighted by Crippen LogP contribution is -2.07. The van der Waals surface area contributed by atoms with Crippen LogP contribution >= 0.6 is 0 Å². The normalized spacial score (nSPS) is 10.8. The molecule has 1 heterocycles. The van der Waals surface area contributed by atoms with Gasteiger partial charge in [-0.1, -0.05) is 36.4 Å². The Hall–Kier alpha value is -2.69. The first-order valence-corrected chi connectivity index (χ1v) is 6.79. The second-order valence-corrected chi connectivity index (χ2v) is 4.72. The smallest absolute Gasteiger partial charge is 0.361 e. The van der Waals surface area contributed by atoms with Crippen molar-refractivity contribution in [3.8, 4) is 11.3 Å². The van der Waals surface area contributed by atoms with Gasteiger partial charge in [0.1, 0.15) is 5.69 Å². The number of hydrogen-bond donors (Lipinski definition) is 1. The van der Waals surface area contributed by atoms with Gasteiger partial charge < -0.3 is 4.74 Å². The van der Waals surface area contributed by atoms with Crippen LogP contribution in [0.5, 0.6) is 0 Å². The molecule has 0 bridgehead atoms. The van der Waals surface area contributed by atoms with E-state index in [4.69, 9.17) is 4.74 Å². The Labute approximate surface area is 121 Å². The van der Waals surface area contributed by atoms with Crippen LogP contribution in [0.2, 0.25) is 0 Å². The van der Waals surface area contributed by atoms with Crippen LogP contribution in [0.25, 0.3) is 22.0 Å². The van der Waals surface area contributed by atoms with Gasteiger partial charge in [0.05, 0.1) is 6.61 Å². The van der Waals surface area contributed by atoms with Gasteiger partial charge in [0.15, 0.2) is 5.69 Å². The van der Waals surface area contributed by atoms with E-state index in [1.807, 2.05) is 37.3 Å². The number of nitrogens with one attached hydrogen (secondary N) is 1. The lowest BCUT2D eigenvalue weighted by atomic mass is 9.96. The highest BCUT2D eigenvalue weighted by atomic mass is 16.5. The molecule has 0 atom stereocenters. The van der Waals surface area contributed by atoms with Crippen molar-refractivity contribution in [2.45, 2.75) is 13.8 Å². The van der Waals surface area contributed by atoms with Crippen molar-refractivity contribution < 1.29 is 9.53 Å². The average Bonchev–Trinajstić information content (AvgIpc) is 2.96. The van der Waals surface area contributed by atoms with Crippen molar-refractivity contribution in [1.29, 1.82) is 0 Å². The SMILES string of the molecule is CCOC(=O)c1n[nH]nc1-c1c(C)ccc2ccccc12. The van der Waals surface area contributed by atoms with Gasteiger partial charge in [-0.2, -0.15) is 10.3 Å². The summed E-state index contributed by atoms with van der Waals surface area (Å²) in [5, 5.41) is 12.8. The molecular weight excluding hydrogens is 266 g/mol. The molecule has 0 radical (unpaired) electrons. The third-order valence-corrected chi connectivity index (χ3v) is 3.39. The molecule has 106 valence electrons. The fourth-order valence-corrected chi connectivity index (χ4v) is 2.44. The molecule has 3 aromatic rings. The first kappa shape index (κ1) is 13.3. The maximum atomic E-state index is 12.0. The highest BCUT2D eigenvalue weighted by Crippen LogP contribution is 2.32. The van der Waals surface area contributed by atoms with Crippen LogP contribution in [0, 0.1) is 6.92 Å². The van der Waals surface area contributed by atoms with Gasteiger partial charge in [-0.25, -0.2) is 4.79 Å². The number of ether oxygens (including phenoxy) is 1. The summed E-state index contributed by atoms with van der Waals surface area (Å²) in [6, 6.07) is 12.1. The van der Waals surface area contributed by atoms with Gasteiger partial charge in [0.2, 0.25) is 0 Å². The van der Waals surface area contributed by atoms with E-state index >= 15 is 0 Å². The van der Waals surface area contributed by atoms with Crippen molar-refractivity contribution in [2.75, 3.05) is 6.61 Å². The highest BCUT2D eigenvalue weighted by molar-refractivity contribution is 6.02. The summed E-state index contributed by atoms with van der Waals surface area (Å²) in [7, 11) is 0. The molecule has 5 heteroatoms. The molecule has 0 spiro atoms. The van der Waals surface area contributed by atoms with Crippen molar-refractivity contribution in [1.82, 2.24) is 15.4 Å². The topological polar surface area (TPSA) is 67.9 Å². The standard InChI is InChI=1S/C16H15N3O2/c1-3-21-16(20)15-14(17-19-18-15)13-10(2)8-9-11-6-4-5-7-12(11)13/h4-9H,3H2,1-2H3,(H,17,18,19). The van der Waals surface area contributed by atoms with Crippen molar-refractivity contribution in [3.63, 3.8) is 0 Å². The summed E-state index contributed by atoms with van der Waals surface area (Å²) in [6.07, 6.45) is 0. The fourth-order valence-electron chi connectivity index (χ4n) is 2.44. The van der Waals surface area contributed by atoms with E-state index in [1.54, 1.807) is 6.92 Å². The quantitative estimate of drug-likeness (QED) is 0.749. The predicted molar refractivity (Wildman–Crippen MR) is 80.0 cm³/mol. The molecule has 0 saturated carbocycles. The Morgan fingerprint density at radius 2 is 2.00 bits per heavy atom. The van der Waals surface area contributed by atoms with E-state index < -0.39 is 5.97 Å². The van der Waals surface area contributed by atoms with Crippen LogP contribution in [0.15, 0.2) is 36.4 Å². The first-order valence-electron chi connectivity index (χ1n) is 6.79. The van der Waals surface area contributed by atoms with Crippen LogP contribution < -0.4 is 0 Å². The molecular formula is C16H15N3O2. The summed E-state index contributed by atoms with van der Waals surface area (Å²) in [4.78, 5) is 12.0. The number of benzene rings is 2. The second-order valence-electron chi connectivity index (χ2n) is 4.72. The van der Waals surface area contributed by atoms with E-state index in [0.717, 1.165) is 21.9 Å². The van der Waals surface area contributed by atoms with Crippen LogP contribution in [0.3, 0.4) is 0 Å². The summed E-state index contributed by atoms with van der Waals surface area (Å²) in [6.45, 7) is 4.06. The number of esters is 1. The number of carbonyl (C=O) groups is 1. The third-order valence-electron chi connectivity index (χ3n) is 3.39. The number of H-pyrrole nitrogens is 1. The molecule has 3 rings (SSSR count). The number of aromatic nitrogens is 3. The first-order chi connectivity index (χ1) is 10.2. The number of aromatic amines is 1. The third kappa shape index (κ3) is 2.27. The van der Waals surface area contributed by atoms with Gasteiger partial charge in [0, 0.05) is 5.56 Å². The van der Waals surface area contributed by atoms with Crippen LogP contribution in [-0.4, -0.2) is 28.0 Å². The zero-order valence-corrected chi connectivity index (χ0v) is 11.9. The molecule has 0 aliphatic carbocycles. The number of nitrogens with zero attached hydrogens (tertiary/aromatic N) is 2. The molecule has 21 heavy (non-hydrogen) atoms. The van der Waals surface area contributed by atoms with Crippen molar-refractivity contribution >= 4 is 16.7 Å². The molecule has 0 aliphatic rings. The Kier molecular flexibility index (Phi) is 3.39. The van der Waals surface area contributed by atoms with Gasteiger partial charge in [-0.05, 0) is 30.2 Å². The summed E-state index contributed by atoms with van der Waals surface area (Å²) >= 11 is 0. The van der Waals surface area contributed by atoms with E-state index in [9.17, 15) is 4.79 Å². The minimum Gasteiger partial charge on any atom is -0.461 e. The maximum absolute atomic E-state index is 12.0. The highest BCUT2D eigenvalue weighted by Gasteiger charge is 2.21. The number of rotatable bonds is 3. The van der Waals surface area contributed by atoms with Crippen molar-refractivity contribution in [2.24, 2.45) is 0 Å². The molecule has 5 nitrogen and oxygen atoms in total. The summed E-state index contributed by atoms with van der Waals surface area (Å²) in [5.41, 5.74) is 2.69. The molecule has 0 aliphatic heterocycles. The molecule has 1 N–H and O–H groups in total. The molecule has 0 amide bonds. The number of aryl methyl sites for hydroxylation is 1. The second kappa shape index (κ2) is 5.36. The zero-order chi connectivity index (χ0) is 14.8. The summed E-state index contributed by atoms with van der Waals surface area (Å²) < 4.78 is 5.04. The van der Waals surface area contributed by atoms with Crippen molar-refractivity contribution in [3.05, 3.63) is 47.7 Å². The average molecular weight is 281 g/mol. The predicted octanol–water partition coefficient (Wildman–Crippen LogP) is 3.11. The largest absolute Gasteiger partial charge is 0.461 e. The Balaban J connectivity index is 2.24. The van der Waals surface area contributed by atoms with E-state index in [1.165, 1.54) is 0 Å². The molecule has 0 fully saturated rings. The Morgan fingerprint density at radius 3 is 2.81 bits per heavy atom. The maximum Gasteiger partial charge on any atom is 0.361 e. The number of carbonyl (C=O) groups excluding carboxylic acids is 1. The Bertz CT molecular complexity index is 808.